The summed E-state index contributed by atoms with van der Waals surface area (Å²) in [6, 6.07) is 10.0. The Hall–Kier alpha value is -1.65. The van der Waals surface area contributed by atoms with Crippen molar-refractivity contribution in [3.63, 3.8) is 0 Å². The van der Waals surface area contributed by atoms with Crippen LogP contribution in [0.4, 0.5) is 0 Å². The summed E-state index contributed by atoms with van der Waals surface area (Å²) in [4.78, 5) is 6.66. The van der Waals surface area contributed by atoms with Gasteiger partial charge in [-0.15, -0.1) is 11.3 Å². The highest BCUT2D eigenvalue weighted by molar-refractivity contribution is 7.15. The molecule has 0 spiro atoms. The first kappa shape index (κ1) is 10.5. The lowest BCUT2D eigenvalue weighted by Crippen LogP contribution is -1.90. The fourth-order valence-electron chi connectivity index (χ4n) is 1.75. The fourth-order valence-corrected chi connectivity index (χ4v) is 2.56. The van der Waals surface area contributed by atoms with Gasteiger partial charge in [0.2, 0.25) is 5.89 Å². The van der Waals surface area contributed by atoms with Gasteiger partial charge in [0.25, 0.3) is 0 Å². The summed E-state index contributed by atoms with van der Waals surface area (Å²) in [6.07, 6.45) is 0. The highest BCUT2D eigenvalue weighted by Gasteiger charge is 2.10. The van der Waals surface area contributed by atoms with Crippen molar-refractivity contribution < 1.29 is 4.42 Å². The lowest BCUT2D eigenvalue weighted by Gasteiger charge is -1.87. The van der Waals surface area contributed by atoms with Gasteiger partial charge in [0.1, 0.15) is 5.52 Å². The van der Waals surface area contributed by atoms with E-state index in [-0.39, 0.29) is 0 Å². The molecule has 3 aromatic rings. The molecular weight excluding hydrogens is 232 g/mol. The topological polar surface area (TPSA) is 52.0 Å². The summed E-state index contributed by atoms with van der Waals surface area (Å²) < 4.78 is 5.73. The molecule has 0 aliphatic rings. The molecule has 0 saturated heterocycles. The van der Waals surface area contributed by atoms with Crippen LogP contribution in [0.3, 0.4) is 0 Å². The maximum atomic E-state index is 5.73. The van der Waals surface area contributed by atoms with Crippen LogP contribution < -0.4 is 5.73 Å². The van der Waals surface area contributed by atoms with Crippen LogP contribution in [0, 0.1) is 6.92 Å². The molecular formula is C13H12N2OS. The predicted octanol–water partition coefficient (Wildman–Crippen LogP) is 3.32. The van der Waals surface area contributed by atoms with Crippen LogP contribution in [-0.2, 0) is 6.54 Å². The van der Waals surface area contributed by atoms with Gasteiger partial charge in [-0.05, 0) is 36.8 Å². The summed E-state index contributed by atoms with van der Waals surface area (Å²) in [5, 5.41) is 0. The summed E-state index contributed by atoms with van der Waals surface area (Å²) in [6.45, 7) is 2.61. The number of nitrogens with zero attached hydrogens (tertiary/aromatic N) is 1. The SMILES string of the molecule is Cc1ccc2oc(-c3ccc(CN)s3)nc2c1. The Balaban J connectivity index is 2.11. The molecule has 2 aromatic heterocycles. The molecule has 0 aliphatic heterocycles. The maximum absolute atomic E-state index is 5.73. The first-order valence-corrected chi connectivity index (χ1v) is 6.24. The molecule has 0 fully saturated rings. The van der Waals surface area contributed by atoms with Crippen molar-refractivity contribution in [1.29, 1.82) is 0 Å². The van der Waals surface area contributed by atoms with Gasteiger partial charge in [-0.1, -0.05) is 6.07 Å². The van der Waals surface area contributed by atoms with Gasteiger partial charge in [0.15, 0.2) is 5.58 Å². The van der Waals surface area contributed by atoms with Crippen molar-refractivity contribution in [2.45, 2.75) is 13.5 Å². The highest BCUT2D eigenvalue weighted by Crippen LogP contribution is 2.30. The number of oxazole rings is 1. The minimum absolute atomic E-state index is 0.560. The number of hydrogen-bond acceptors (Lipinski definition) is 4. The van der Waals surface area contributed by atoms with Gasteiger partial charge in [-0.3, -0.25) is 0 Å². The first-order valence-electron chi connectivity index (χ1n) is 5.42. The Kier molecular flexibility index (Phi) is 2.46. The fraction of sp³-hybridized carbons (Fsp3) is 0.154. The number of rotatable bonds is 2. The second-order valence-electron chi connectivity index (χ2n) is 3.96. The lowest BCUT2D eigenvalue weighted by atomic mass is 10.2. The predicted molar refractivity (Wildman–Crippen MR) is 70.0 cm³/mol. The Bertz CT molecular complexity index is 669. The van der Waals surface area contributed by atoms with E-state index in [1.165, 1.54) is 5.56 Å². The average Bonchev–Trinajstić information content (AvgIpc) is 2.93. The Morgan fingerprint density at radius 2 is 2.18 bits per heavy atom. The number of fused-ring (bicyclic) bond motifs is 1. The van der Waals surface area contributed by atoms with E-state index in [0.29, 0.717) is 12.4 Å². The monoisotopic (exact) mass is 244 g/mol. The van der Waals surface area contributed by atoms with E-state index in [1.54, 1.807) is 11.3 Å². The van der Waals surface area contributed by atoms with Gasteiger partial charge in [0.05, 0.1) is 4.88 Å². The van der Waals surface area contributed by atoms with Crippen LogP contribution in [0.15, 0.2) is 34.7 Å². The van der Waals surface area contributed by atoms with Crippen LogP contribution in [0.25, 0.3) is 21.9 Å². The van der Waals surface area contributed by atoms with E-state index in [9.17, 15) is 0 Å². The summed E-state index contributed by atoms with van der Waals surface area (Å²) in [7, 11) is 0. The number of thiophene rings is 1. The summed E-state index contributed by atoms with van der Waals surface area (Å²) in [5.41, 5.74) is 8.51. The second kappa shape index (κ2) is 3.98. The molecule has 4 heteroatoms. The van der Waals surface area contributed by atoms with Crippen molar-refractivity contribution in [1.82, 2.24) is 4.98 Å². The molecule has 0 radical (unpaired) electrons. The van der Waals surface area contributed by atoms with Gasteiger partial charge in [-0.2, -0.15) is 0 Å². The van der Waals surface area contributed by atoms with Crippen LogP contribution >= 0.6 is 11.3 Å². The standard InChI is InChI=1S/C13H12N2OS/c1-8-2-4-11-10(6-8)15-13(16-11)12-5-3-9(7-14)17-12/h2-6H,7,14H2,1H3. The van der Waals surface area contributed by atoms with Crippen LogP contribution in [0.5, 0.6) is 0 Å². The molecule has 2 heterocycles. The van der Waals surface area contributed by atoms with Crippen molar-refractivity contribution in [2.24, 2.45) is 5.73 Å². The smallest absolute Gasteiger partial charge is 0.237 e. The minimum atomic E-state index is 0.560. The van der Waals surface area contributed by atoms with Crippen LogP contribution in [0.2, 0.25) is 0 Å². The average molecular weight is 244 g/mol. The molecule has 17 heavy (non-hydrogen) atoms. The third-order valence-electron chi connectivity index (χ3n) is 2.62. The van der Waals surface area contributed by atoms with Crippen molar-refractivity contribution in [3.8, 4) is 10.8 Å². The molecule has 0 aliphatic carbocycles. The summed E-state index contributed by atoms with van der Waals surface area (Å²) >= 11 is 1.62. The third kappa shape index (κ3) is 1.85. The number of benzene rings is 1. The number of aryl methyl sites for hydroxylation is 1. The zero-order valence-corrected chi connectivity index (χ0v) is 10.3. The number of hydrogen-bond donors (Lipinski definition) is 1. The molecule has 1 aromatic carbocycles. The molecule has 0 unspecified atom stereocenters. The second-order valence-corrected chi connectivity index (χ2v) is 5.13. The van der Waals surface area contributed by atoms with Crippen molar-refractivity contribution in [2.75, 3.05) is 0 Å². The zero-order valence-electron chi connectivity index (χ0n) is 9.43. The molecule has 3 rings (SSSR count). The van der Waals surface area contributed by atoms with Gasteiger partial charge in [-0.25, -0.2) is 4.98 Å². The van der Waals surface area contributed by atoms with E-state index in [4.69, 9.17) is 10.2 Å². The lowest BCUT2D eigenvalue weighted by molar-refractivity contribution is 0.621. The first-order chi connectivity index (χ1) is 8.26. The number of aromatic nitrogens is 1. The van der Waals surface area contributed by atoms with Gasteiger partial charge < -0.3 is 10.2 Å². The highest BCUT2D eigenvalue weighted by atomic mass is 32.1. The van der Waals surface area contributed by atoms with Gasteiger partial charge >= 0.3 is 0 Å². The Morgan fingerprint density at radius 3 is 2.94 bits per heavy atom. The van der Waals surface area contributed by atoms with E-state index in [0.717, 1.165) is 20.9 Å². The molecule has 0 atom stereocenters. The number of nitrogens with two attached hydrogens (primary N) is 1. The van der Waals surface area contributed by atoms with E-state index in [1.807, 2.05) is 37.3 Å². The zero-order chi connectivity index (χ0) is 11.8. The van der Waals surface area contributed by atoms with E-state index >= 15 is 0 Å². The molecule has 0 amide bonds. The Labute approximate surface area is 103 Å². The maximum Gasteiger partial charge on any atom is 0.237 e. The Morgan fingerprint density at radius 1 is 1.29 bits per heavy atom. The third-order valence-corrected chi connectivity index (χ3v) is 3.71. The van der Waals surface area contributed by atoms with Crippen LogP contribution in [-0.4, -0.2) is 4.98 Å². The largest absolute Gasteiger partial charge is 0.435 e. The molecule has 2 N–H and O–H groups in total. The minimum Gasteiger partial charge on any atom is -0.435 e. The molecule has 86 valence electrons. The molecule has 3 nitrogen and oxygen atoms in total. The molecule has 0 saturated carbocycles. The van der Waals surface area contributed by atoms with Crippen molar-refractivity contribution >= 4 is 22.4 Å². The van der Waals surface area contributed by atoms with E-state index < -0.39 is 0 Å². The normalized spacial score (nSPS) is 11.2. The quantitative estimate of drug-likeness (QED) is 0.752. The van der Waals surface area contributed by atoms with E-state index in [2.05, 4.69) is 4.98 Å². The summed E-state index contributed by atoms with van der Waals surface area (Å²) in [5.74, 6) is 0.676. The van der Waals surface area contributed by atoms with Crippen LogP contribution in [0.1, 0.15) is 10.4 Å². The molecule has 0 bridgehead atoms. The van der Waals surface area contributed by atoms with Gasteiger partial charge in [0, 0.05) is 11.4 Å². The van der Waals surface area contributed by atoms with Crippen molar-refractivity contribution in [3.05, 3.63) is 40.8 Å².